The van der Waals surface area contributed by atoms with E-state index in [-0.39, 0.29) is 19.1 Å². The van der Waals surface area contributed by atoms with Gasteiger partial charge >= 0.3 is 0 Å². The lowest BCUT2D eigenvalue weighted by Gasteiger charge is -2.04. The Morgan fingerprint density at radius 1 is 1.44 bits per heavy atom. The third-order valence-corrected chi connectivity index (χ3v) is 3.56. The Balaban J connectivity index is 2.50. The van der Waals surface area contributed by atoms with Gasteiger partial charge in [0.25, 0.3) is 5.91 Å². The van der Waals surface area contributed by atoms with Crippen LogP contribution in [0, 0.1) is 0 Å². The van der Waals surface area contributed by atoms with Crippen molar-refractivity contribution in [1.29, 1.82) is 0 Å². The summed E-state index contributed by atoms with van der Waals surface area (Å²) >= 11 is 12.0. The van der Waals surface area contributed by atoms with Crippen LogP contribution in [-0.4, -0.2) is 28.7 Å². The highest BCUT2D eigenvalue weighted by atomic mass is 35.5. The third kappa shape index (κ3) is 2.19. The molecule has 2 aromatic rings. The Morgan fingerprint density at radius 2 is 2.17 bits per heavy atom. The molecule has 0 aliphatic rings. The summed E-state index contributed by atoms with van der Waals surface area (Å²) in [4.78, 5) is 11.9. The lowest BCUT2D eigenvalue weighted by molar-refractivity contribution is 0.0937. The molecule has 6 heteroatoms. The Labute approximate surface area is 114 Å². The summed E-state index contributed by atoms with van der Waals surface area (Å²) in [5.74, 6) is -0.255. The summed E-state index contributed by atoms with van der Waals surface area (Å²) in [5.41, 5.74) is 1.31. The van der Waals surface area contributed by atoms with Gasteiger partial charge in [0.15, 0.2) is 0 Å². The largest absolute Gasteiger partial charge is 0.395 e. The summed E-state index contributed by atoms with van der Waals surface area (Å²) < 4.78 is 1.74. The van der Waals surface area contributed by atoms with Crippen LogP contribution in [0.1, 0.15) is 10.5 Å². The van der Waals surface area contributed by atoms with E-state index < -0.39 is 0 Å². The molecule has 18 heavy (non-hydrogen) atoms. The SMILES string of the molecule is Cn1c(C(=O)NCCO)cc2c(Cl)c(Cl)ccc21. The molecule has 1 heterocycles. The number of halogens is 2. The molecule has 1 aromatic heterocycles. The van der Waals surface area contributed by atoms with E-state index in [1.54, 1.807) is 23.7 Å². The number of aromatic nitrogens is 1. The van der Waals surface area contributed by atoms with Crippen molar-refractivity contribution in [1.82, 2.24) is 9.88 Å². The van der Waals surface area contributed by atoms with Crippen LogP contribution < -0.4 is 5.32 Å². The standard InChI is InChI=1S/C12H12Cl2N2O2/c1-16-9-3-2-8(13)11(14)7(9)6-10(16)12(18)15-4-5-17/h2-3,6,17H,4-5H2,1H3,(H,15,18). The van der Waals surface area contributed by atoms with Gasteiger partial charge in [0.05, 0.1) is 16.7 Å². The summed E-state index contributed by atoms with van der Waals surface area (Å²) in [6, 6.07) is 5.20. The first kappa shape index (κ1) is 13.2. The van der Waals surface area contributed by atoms with Crippen molar-refractivity contribution in [3.8, 4) is 0 Å². The van der Waals surface area contributed by atoms with Crippen LogP contribution in [-0.2, 0) is 7.05 Å². The van der Waals surface area contributed by atoms with Gasteiger partial charge in [-0.3, -0.25) is 4.79 Å². The summed E-state index contributed by atoms with van der Waals surface area (Å²) in [6.45, 7) is 0.122. The highest BCUT2D eigenvalue weighted by Crippen LogP contribution is 2.32. The maximum atomic E-state index is 11.9. The zero-order valence-electron chi connectivity index (χ0n) is 9.70. The number of aliphatic hydroxyl groups is 1. The van der Waals surface area contributed by atoms with Crippen LogP contribution in [0.15, 0.2) is 18.2 Å². The lowest BCUT2D eigenvalue weighted by Crippen LogP contribution is -2.27. The predicted molar refractivity (Wildman–Crippen MR) is 72.4 cm³/mol. The number of carbonyl (C=O) groups is 1. The molecule has 0 aliphatic carbocycles. The van der Waals surface area contributed by atoms with Crippen LogP contribution in [0.25, 0.3) is 10.9 Å². The van der Waals surface area contributed by atoms with Gasteiger partial charge in [-0.2, -0.15) is 0 Å². The number of rotatable bonds is 3. The quantitative estimate of drug-likeness (QED) is 0.909. The van der Waals surface area contributed by atoms with Gasteiger partial charge in [-0.1, -0.05) is 23.2 Å². The van der Waals surface area contributed by atoms with E-state index in [4.69, 9.17) is 28.3 Å². The Kier molecular flexibility index (Phi) is 3.80. The monoisotopic (exact) mass is 286 g/mol. The van der Waals surface area contributed by atoms with Crippen molar-refractivity contribution in [2.45, 2.75) is 0 Å². The Bertz CT molecular complexity index is 608. The van der Waals surface area contributed by atoms with E-state index in [0.717, 1.165) is 10.9 Å². The molecule has 0 atom stereocenters. The first-order valence-corrected chi connectivity index (χ1v) is 6.14. The Hall–Kier alpha value is -1.23. The number of fused-ring (bicyclic) bond motifs is 1. The molecule has 0 radical (unpaired) electrons. The van der Waals surface area contributed by atoms with Crippen molar-refractivity contribution >= 4 is 40.0 Å². The average molecular weight is 287 g/mol. The van der Waals surface area contributed by atoms with E-state index >= 15 is 0 Å². The van der Waals surface area contributed by atoms with Crippen molar-refractivity contribution in [2.24, 2.45) is 7.05 Å². The number of hydrogen-bond donors (Lipinski definition) is 2. The fourth-order valence-electron chi connectivity index (χ4n) is 1.83. The van der Waals surface area contributed by atoms with Crippen LogP contribution >= 0.6 is 23.2 Å². The smallest absolute Gasteiger partial charge is 0.268 e. The predicted octanol–water partition coefficient (Wildman–Crippen LogP) is 2.21. The van der Waals surface area contributed by atoms with E-state index in [1.807, 2.05) is 6.07 Å². The molecule has 1 amide bonds. The minimum absolute atomic E-state index is 0.0950. The normalized spacial score (nSPS) is 10.9. The van der Waals surface area contributed by atoms with Gasteiger partial charge in [-0.05, 0) is 18.2 Å². The van der Waals surface area contributed by atoms with Crippen molar-refractivity contribution < 1.29 is 9.90 Å². The maximum Gasteiger partial charge on any atom is 0.268 e. The molecule has 0 saturated heterocycles. The molecule has 0 spiro atoms. The number of nitrogens with one attached hydrogen (secondary N) is 1. The fraction of sp³-hybridized carbons (Fsp3) is 0.250. The summed E-state index contributed by atoms with van der Waals surface area (Å²) in [5, 5.41) is 12.9. The molecular weight excluding hydrogens is 275 g/mol. The molecule has 0 aliphatic heterocycles. The van der Waals surface area contributed by atoms with E-state index in [9.17, 15) is 4.79 Å². The second kappa shape index (κ2) is 5.18. The second-order valence-corrected chi connectivity index (χ2v) is 4.65. The first-order chi connectivity index (χ1) is 8.56. The first-order valence-electron chi connectivity index (χ1n) is 5.38. The van der Waals surface area contributed by atoms with E-state index in [1.165, 1.54) is 0 Å². The van der Waals surface area contributed by atoms with Crippen LogP contribution in [0.3, 0.4) is 0 Å². The summed E-state index contributed by atoms with van der Waals surface area (Å²) in [7, 11) is 1.78. The summed E-state index contributed by atoms with van der Waals surface area (Å²) in [6.07, 6.45) is 0. The number of amides is 1. The molecule has 0 saturated carbocycles. The van der Waals surface area contributed by atoms with E-state index in [2.05, 4.69) is 5.32 Å². The molecule has 0 fully saturated rings. The van der Waals surface area contributed by atoms with Gasteiger partial charge in [0, 0.05) is 24.5 Å². The number of benzene rings is 1. The number of aryl methyl sites for hydroxylation is 1. The molecule has 2 rings (SSSR count). The lowest BCUT2D eigenvalue weighted by atomic mass is 10.2. The molecule has 2 N–H and O–H groups in total. The molecule has 1 aromatic carbocycles. The topological polar surface area (TPSA) is 54.3 Å². The van der Waals surface area contributed by atoms with Gasteiger partial charge in [-0.25, -0.2) is 0 Å². The van der Waals surface area contributed by atoms with Crippen LogP contribution in [0.5, 0.6) is 0 Å². The molecule has 4 nitrogen and oxygen atoms in total. The van der Waals surface area contributed by atoms with Crippen molar-refractivity contribution in [3.63, 3.8) is 0 Å². The van der Waals surface area contributed by atoms with E-state index in [0.29, 0.717) is 15.7 Å². The number of hydrogen-bond acceptors (Lipinski definition) is 2. The van der Waals surface area contributed by atoms with Gasteiger partial charge in [0.2, 0.25) is 0 Å². The molecule has 0 bridgehead atoms. The number of aliphatic hydroxyl groups excluding tert-OH is 1. The average Bonchev–Trinajstić information content (AvgIpc) is 2.69. The van der Waals surface area contributed by atoms with Gasteiger partial charge in [0.1, 0.15) is 5.69 Å². The highest BCUT2D eigenvalue weighted by molar-refractivity contribution is 6.45. The van der Waals surface area contributed by atoms with Crippen molar-refractivity contribution in [2.75, 3.05) is 13.2 Å². The second-order valence-electron chi connectivity index (χ2n) is 3.86. The number of carbonyl (C=O) groups excluding carboxylic acids is 1. The van der Waals surface area contributed by atoms with Gasteiger partial charge < -0.3 is 15.0 Å². The molecule has 96 valence electrons. The highest BCUT2D eigenvalue weighted by Gasteiger charge is 2.15. The minimum Gasteiger partial charge on any atom is -0.395 e. The van der Waals surface area contributed by atoms with Gasteiger partial charge in [-0.15, -0.1) is 0 Å². The maximum absolute atomic E-state index is 11.9. The van der Waals surface area contributed by atoms with Crippen LogP contribution in [0.4, 0.5) is 0 Å². The third-order valence-electron chi connectivity index (χ3n) is 2.74. The Morgan fingerprint density at radius 3 is 2.83 bits per heavy atom. The zero-order chi connectivity index (χ0) is 13.3. The fourth-order valence-corrected chi connectivity index (χ4v) is 2.21. The number of nitrogens with zero attached hydrogens (tertiary/aromatic N) is 1. The van der Waals surface area contributed by atoms with Crippen LogP contribution in [0.2, 0.25) is 10.0 Å². The van der Waals surface area contributed by atoms with Crippen molar-refractivity contribution in [3.05, 3.63) is 33.9 Å². The minimum atomic E-state index is -0.255. The molecule has 0 unspecified atom stereocenters. The zero-order valence-corrected chi connectivity index (χ0v) is 11.2. The molecular formula is C12H12Cl2N2O2.